The van der Waals surface area contributed by atoms with Crippen molar-refractivity contribution in [2.75, 3.05) is 10.6 Å². The van der Waals surface area contributed by atoms with E-state index in [1.54, 1.807) is 30.5 Å². The smallest absolute Gasteiger partial charge is 0.259 e. The number of amides is 2. The van der Waals surface area contributed by atoms with E-state index in [1.165, 1.54) is 10.9 Å². The van der Waals surface area contributed by atoms with Gasteiger partial charge in [0.25, 0.3) is 17.8 Å². The number of hydrogen-bond acceptors (Lipinski definition) is 5. The van der Waals surface area contributed by atoms with Crippen molar-refractivity contribution in [1.29, 1.82) is 0 Å². The van der Waals surface area contributed by atoms with Crippen LogP contribution in [0.15, 0.2) is 79.1 Å². The predicted octanol–water partition coefficient (Wildman–Crippen LogP) is 3.48. The van der Waals surface area contributed by atoms with Crippen LogP contribution in [0.5, 0.6) is 0 Å². The molecule has 0 unspecified atom stereocenters. The second-order valence-corrected chi connectivity index (χ2v) is 6.47. The van der Waals surface area contributed by atoms with Crippen LogP contribution >= 0.6 is 0 Å². The number of nitrogens with one attached hydrogen (secondary N) is 2. The fraction of sp³-hybridized carbons (Fsp3) is 0.0455. The summed E-state index contributed by atoms with van der Waals surface area (Å²) in [6.45, 7) is 1.86. The summed E-state index contributed by atoms with van der Waals surface area (Å²) in [6, 6.07) is 19.8. The van der Waals surface area contributed by atoms with Crippen LogP contribution in [0.3, 0.4) is 0 Å². The highest BCUT2D eigenvalue weighted by Crippen LogP contribution is 2.18. The lowest BCUT2D eigenvalue weighted by Gasteiger charge is -2.08. The molecule has 0 atom stereocenters. The van der Waals surface area contributed by atoms with E-state index in [-0.39, 0.29) is 17.8 Å². The molecule has 2 heterocycles. The van der Waals surface area contributed by atoms with E-state index in [0.29, 0.717) is 16.8 Å². The molecule has 8 heteroatoms. The number of aryl methyl sites for hydroxylation is 1. The average molecular weight is 398 g/mol. The van der Waals surface area contributed by atoms with Crippen LogP contribution in [0.25, 0.3) is 5.69 Å². The van der Waals surface area contributed by atoms with Gasteiger partial charge in [-0.05, 0) is 42.8 Å². The number of carbonyl (C=O) groups excluding carboxylic acids is 2. The van der Waals surface area contributed by atoms with Crippen LogP contribution in [-0.2, 0) is 0 Å². The maximum atomic E-state index is 12.8. The average Bonchev–Trinajstić information content (AvgIpc) is 3.17. The zero-order chi connectivity index (χ0) is 20.9. The summed E-state index contributed by atoms with van der Waals surface area (Å²) in [7, 11) is 0. The minimum absolute atomic E-state index is 0.0628. The number of rotatable bonds is 5. The zero-order valence-electron chi connectivity index (χ0n) is 16.1. The Morgan fingerprint density at radius 3 is 2.37 bits per heavy atom. The van der Waals surface area contributed by atoms with E-state index in [2.05, 4.69) is 25.7 Å². The predicted molar refractivity (Wildman–Crippen MR) is 113 cm³/mol. The second kappa shape index (κ2) is 8.36. The molecule has 0 saturated heterocycles. The molecule has 0 spiro atoms. The summed E-state index contributed by atoms with van der Waals surface area (Å²) in [5.74, 6) is -0.461. The number of pyridine rings is 1. The first-order valence-corrected chi connectivity index (χ1v) is 9.22. The highest BCUT2D eigenvalue weighted by Gasteiger charge is 2.18. The molecule has 0 fully saturated rings. The molecule has 2 N–H and O–H groups in total. The van der Waals surface area contributed by atoms with Crippen LogP contribution in [0.2, 0.25) is 0 Å². The van der Waals surface area contributed by atoms with Crippen LogP contribution in [0, 0.1) is 6.92 Å². The number of aromatic nitrogens is 4. The Bertz CT molecular complexity index is 1190. The van der Waals surface area contributed by atoms with E-state index in [0.717, 1.165) is 5.56 Å². The molecule has 0 aliphatic carbocycles. The first kappa shape index (κ1) is 19.0. The van der Waals surface area contributed by atoms with E-state index < -0.39 is 5.91 Å². The standard InChI is InChI=1S/C22H18N6O2/c1-15-8-5-6-12-18(15)20(30)25-22-26-21(24-19(29)16-9-7-13-23-14-16)27-28(22)17-10-3-2-4-11-17/h2-14H,1H3,(H2,24,25,26,27,29,30). The molecular formula is C22H18N6O2. The van der Waals surface area contributed by atoms with Gasteiger partial charge >= 0.3 is 0 Å². The van der Waals surface area contributed by atoms with Crippen molar-refractivity contribution in [3.05, 3.63) is 95.8 Å². The van der Waals surface area contributed by atoms with E-state index >= 15 is 0 Å². The maximum Gasteiger partial charge on any atom is 0.259 e. The largest absolute Gasteiger partial charge is 0.290 e. The Morgan fingerprint density at radius 1 is 0.867 bits per heavy atom. The minimum Gasteiger partial charge on any atom is -0.290 e. The normalized spacial score (nSPS) is 10.4. The van der Waals surface area contributed by atoms with Crippen molar-refractivity contribution in [1.82, 2.24) is 19.7 Å². The molecule has 4 rings (SSSR count). The van der Waals surface area contributed by atoms with Crippen LogP contribution in [-0.4, -0.2) is 31.6 Å². The number of para-hydroxylation sites is 1. The molecule has 4 aromatic rings. The second-order valence-electron chi connectivity index (χ2n) is 6.47. The van der Waals surface area contributed by atoms with Crippen LogP contribution in [0.4, 0.5) is 11.9 Å². The molecule has 2 aromatic heterocycles. The fourth-order valence-corrected chi connectivity index (χ4v) is 2.86. The summed E-state index contributed by atoms with van der Waals surface area (Å²) in [5.41, 5.74) is 2.43. The third-order valence-electron chi connectivity index (χ3n) is 4.37. The van der Waals surface area contributed by atoms with Gasteiger partial charge in [0.2, 0.25) is 5.95 Å². The molecule has 0 aliphatic heterocycles. The maximum absolute atomic E-state index is 12.8. The zero-order valence-corrected chi connectivity index (χ0v) is 16.1. The summed E-state index contributed by atoms with van der Waals surface area (Å²) >= 11 is 0. The van der Waals surface area contributed by atoms with Gasteiger partial charge in [0, 0.05) is 18.0 Å². The minimum atomic E-state index is -0.398. The van der Waals surface area contributed by atoms with Crippen molar-refractivity contribution in [2.24, 2.45) is 0 Å². The Balaban J connectivity index is 1.65. The molecule has 0 bridgehead atoms. The number of hydrogen-bond donors (Lipinski definition) is 2. The lowest BCUT2D eigenvalue weighted by atomic mass is 10.1. The lowest BCUT2D eigenvalue weighted by molar-refractivity contribution is 0.101. The third kappa shape index (κ3) is 4.07. The Kier molecular flexibility index (Phi) is 5.29. The molecule has 0 saturated carbocycles. The summed E-state index contributed by atoms with van der Waals surface area (Å²) in [5, 5.41) is 9.78. The molecule has 8 nitrogen and oxygen atoms in total. The van der Waals surface area contributed by atoms with Gasteiger partial charge in [0.15, 0.2) is 0 Å². The number of carbonyl (C=O) groups is 2. The monoisotopic (exact) mass is 398 g/mol. The quantitative estimate of drug-likeness (QED) is 0.536. The van der Waals surface area contributed by atoms with Gasteiger partial charge in [-0.15, -0.1) is 5.10 Å². The first-order valence-electron chi connectivity index (χ1n) is 9.22. The molecule has 2 amide bonds. The van der Waals surface area contributed by atoms with Crippen molar-refractivity contribution in [3.8, 4) is 5.69 Å². The Morgan fingerprint density at radius 2 is 1.63 bits per heavy atom. The highest BCUT2D eigenvalue weighted by molar-refractivity contribution is 6.05. The van der Waals surface area contributed by atoms with Crippen LogP contribution in [0.1, 0.15) is 26.3 Å². The van der Waals surface area contributed by atoms with Gasteiger partial charge in [-0.3, -0.25) is 25.2 Å². The van der Waals surface area contributed by atoms with E-state index in [9.17, 15) is 9.59 Å². The molecule has 148 valence electrons. The molecule has 30 heavy (non-hydrogen) atoms. The van der Waals surface area contributed by atoms with Crippen molar-refractivity contribution < 1.29 is 9.59 Å². The van der Waals surface area contributed by atoms with Gasteiger partial charge < -0.3 is 0 Å². The fourth-order valence-electron chi connectivity index (χ4n) is 2.86. The number of benzene rings is 2. The first-order chi connectivity index (χ1) is 14.6. The highest BCUT2D eigenvalue weighted by atomic mass is 16.2. The lowest BCUT2D eigenvalue weighted by Crippen LogP contribution is -2.17. The topological polar surface area (TPSA) is 102 Å². The van der Waals surface area contributed by atoms with Gasteiger partial charge in [0.05, 0.1) is 11.3 Å². The van der Waals surface area contributed by atoms with Crippen LogP contribution < -0.4 is 10.6 Å². The Hall–Kier alpha value is -4.33. The van der Waals surface area contributed by atoms with E-state index in [1.807, 2.05) is 49.4 Å². The van der Waals surface area contributed by atoms with Gasteiger partial charge in [-0.2, -0.15) is 9.67 Å². The van der Waals surface area contributed by atoms with Crippen molar-refractivity contribution >= 4 is 23.7 Å². The molecular weight excluding hydrogens is 380 g/mol. The molecule has 0 radical (unpaired) electrons. The van der Waals surface area contributed by atoms with Crippen molar-refractivity contribution in [2.45, 2.75) is 6.92 Å². The summed E-state index contributed by atoms with van der Waals surface area (Å²) < 4.78 is 1.47. The van der Waals surface area contributed by atoms with Gasteiger partial charge in [-0.1, -0.05) is 36.4 Å². The molecule has 2 aromatic carbocycles. The molecule has 0 aliphatic rings. The van der Waals surface area contributed by atoms with Gasteiger partial charge in [0.1, 0.15) is 0 Å². The number of anilines is 2. The van der Waals surface area contributed by atoms with Gasteiger partial charge in [-0.25, -0.2) is 0 Å². The SMILES string of the molecule is Cc1ccccc1C(=O)Nc1nc(NC(=O)c2cccnc2)nn1-c1ccccc1. The van der Waals surface area contributed by atoms with E-state index in [4.69, 9.17) is 0 Å². The summed E-state index contributed by atoms with van der Waals surface area (Å²) in [6.07, 6.45) is 3.03. The number of nitrogens with zero attached hydrogens (tertiary/aromatic N) is 4. The third-order valence-corrected chi connectivity index (χ3v) is 4.37. The van der Waals surface area contributed by atoms with Crippen molar-refractivity contribution in [3.63, 3.8) is 0 Å². The summed E-state index contributed by atoms with van der Waals surface area (Å²) in [4.78, 5) is 33.5. The Labute approximate surface area is 172 Å².